The first kappa shape index (κ1) is 13.1. The Kier molecular flexibility index (Phi) is 4.74. The third-order valence-electron chi connectivity index (χ3n) is 3.67. The van der Waals surface area contributed by atoms with Crippen LogP contribution < -0.4 is 0 Å². The maximum atomic E-state index is 8.73. The number of hydrogen-bond acceptors (Lipinski definition) is 3. The van der Waals surface area contributed by atoms with Gasteiger partial charge in [0, 0.05) is 38.8 Å². The zero-order valence-electron chi connectivity index (χ0n) is 11.0. The van der Waals surface area contributed by atoms with E-state index in [1.165, 1.54) is 5.56 Å². The second kappa shape index (κ2) is 6.53. The molecule has 0 aliphatic carbocycles. The highest BCUT2D eigenvalue weighted by Crippen LogP contribution is 2.11. The Morgan fingerprint density at radius 2 is 1.83 bits per heavy atom. The maximum absolute atomic E-state index is 8.73. The van der Waals surface area contributed by atoms with Gasteiger partial charge in [0.2, 0.25) is 0 Å². The van der Waals surface area contributed by atoms with Crippen molar-refractivity contribution in [2.75, 3.05) is 26.2 Å². The summed E-state index contributed by atoms with van der Waals surface area (Å²) in [6.07, 6.45) is 0.638. The van der Waals surface area contributed by atoms with E-state index in [0.717, 1.165) is 32.7 Å². The molecule has 0 spiro atoms. The van der Waals surface area contributed by atoms with Crippen molar-refractivity contribution < 1.29 is 0 Å². The van der Waals surface area contributed by atoms with E-state index in [9.17, 15) is 0 Å². The Bertz CT molecular complexity index is 388. The molecule has 1 aromatic carbocycles. The van der Waals surface area contributed by atoms with E-state index in [1.54, 1.807) is 0 Å². The molecule has 1 saturated heterocycles. The van der Waals surface area contributed by atoms with Crippen LogP contribution in [-0.2, 0) is 6.54 Å². The molecule has 0 amide bonds. The molecule has 2 rings (SSSR count). The smallest absolute Gasteiger partial charge is 0.0638 e. The molecule has 1 aliphatic heterocycles. The van der Waals surface area contributed by atoms with Crippen molar-refractivity contribution in [1.29, 1.82) is 5.26 Å². The third-order valence-corrected chi connectivity index (χ3v) is 3.67. The summed E-state index contributed by atoms with van der Waals surface area (Å²) in [5.41, 5.74) is 1.39. The number of nitriles is 1. The second-order valence-corrected chi connectivity index (χ2v) is 5.01. The van der Waals surface area contributed by atoms with Gasteiger partial charge in [-0.25, -0.2) is 0 Å². The van der Waals surface area contributed by atoms with E-state index in [-0.39, 0.29) is 0 Å². The topological polar surface area (TPSA) is 30.3 Å². The van der Waals surface area contributed by atoms with Crippen LogP contribution in [-0.4, -0.2) is 42.0 Å². The Hall–Kier alpha value is -1.37. The van der Waals surface area contributed by atoms with Crippen LogP contribution in [0.4, 0.5) is 0 Å². The predicted molar refractivity (Wildman–Crippen MR) is 73.0 cm³/mol. The Labute approximate surface area is 110 Å². The molecule has 96 valence electrons. The summed E-state index contributed by atoms with van der Waals surface area (Å²) >= 11 is 0. The summed E-state index contributed by atoms with van der Waals surface area (Å²) in [4.78, 5) is 4.91. The normalized spacial score (nSPS) is 19.3. The lowest BCUT2D eigenvalue weighted by molar-refractivity contribution is 0.0992. The highest BCUT2D eigenvalue weighted by Gasteiger charge is 2.20. The first-order valence-corrected chi connectivity index (χ1v) is 6.67. The molecule has 0 aromatic heterocycles. The van der Waals surface area contributed by atoms with E-state index in [1.807, 2.05) is 0 Å². The van der Waals surface area contributed by atoms with Gasteiger partial charge >= 0.3 is 0 Å². The van der Waals surface area contributed by atoms with Gasteiger partial charge < -0.3 is 0 Å². The van der Waals surface area contributed by atoms with Crippen LogP contribution in [0.15, 0.2) is 30.3 Å². The lowest BCUT2D eigenvalue weighted by Crippen LogP contribution is -2.49. The zero-order chi connectivity index (χ0) is 12.8. The summed E-state index contributed by atoms with van der Waals surface area (Å²) in [6, 6.07) is 13.3. The molecule has 0 N–H and O–H groups in total. The van der Waals surface area contributed by atoms with Crippen LogP contribution in [0.25, 0.3) is 0 Å². The first-order valence-electron chi connectivity index (χ1n) is 6.67. The van der Waals surface area contributed by atoms with E-state index in [0.29, 0.717) is 12.5 Å². The van der Waals surface area contributed by atoms with E-state index >= 15 is 0 Å². The SMILES string of the molecule is CC(CC#N)N1CCN(Cc2ccccc2)CC1. The minimum atomic E-state index is 0.397. The van der Waals surface area contributed by atoms with Crippen LogP contribution in [0.2, 0.25) is 0 Å². The molecule has 0 bridgehead atoms. The van der Waals surface area contributed by atoms with Crippen LogP contribution in [0.1, 0.15) is 18.9 Å². The number of nitrogens with zero attached hydrogens (tertiary/aromatic N) is 3. The average Bonchev–Trinajstić information content (AvgIpc) is 2.41. The van der Waals surface area contributed by atoms with E-state index in [2.05, 4.69) is 53.1 Å². The van der Waals surface area contributed by atoms with E-state index in [4.69, 9.17) is 5.26 Å². The number of piperazine rings is 1. The van der Waals surface area contributed by atoms with Gasteiger partial charge in [0.25, 0.3) is 0 Å². The van der Waals surface area contributed by atoms with Gasteiger partial charge in [-0.15, -0.1) is 0 Å². The minimum Gasteiger partial charge on any atom is -0.297 e. The fourth-order valence-electron chi connectivity index (χ4n) is 2.47. The van der Waals surface area contributed by atoms with Crippen molar-refractivity contribution in [2.45, 2.75) is 25.9 Å². The summed E-state index contributed by atoms with van der Waals surface area (Å²) in [6.45, 7) is 7.55. The molecule has 1 atom stereocenters. The van der Waals surface area contributed by atoms with Gasteiger partial charge in [0.05, 0.1) is 12.5 Å². The molecular weight excluding hydrogens is 222 g/mol. The van der Waals surface area contributed by atoms with Crippen molar-refractivity contribution in [3.63, 3.8) is 0 Å². The molecule has 3 nitrogen and oxygen atoms in total. The molecule has 0 radical (unpaired) electrons. The van der Waals surface area contributed by atoms with Crippen LogP contribution in [0.5, 0.6) is 0 Å². The second-order valence-electron chi connectivity index (χ2n) is 5.01. The standard InChI is InChI=1S/C15H21N3/c1-14(7-8-16)18-11-9-17(10-12-18)13-15-5-3-2-4-6-15/h2-6,14H,7,9-13H2,1H3. The Balaban J connectivity index is 1.79. The highest BCUT2D eigenvalue weighted by atomic mass is 15.3. The molecule has 1 fully saturated rings. The lowest BCUT2D eigenvalue weighted by Gasteiger charge is -2.37. The Morgan fingerprint density at radius 1 is 1.17 bits per heavy atom. The monoisotopic (exact) mass is 243 g/mol. The highest BCUT2D eigenvalue weighted by molar-refractivity contribution is 5.14. The van der Waals surface area contributed by atoms with Gasteiger partial charge in [-0.3, -0.25) is 9.80 Å². The molecule has 0 saturated carbocycles. The molecule has 1 heterocycles. The zero-order valence-corrected chi connectivity index (χ0v) is 11.0. The summed E-state index contributed by atoms with van der Waals surface area (Å²) < 4.78 is 0. The molecule has 1 aromatic rings. The fourth-order valence-corrected chi connectivity index (χ4v) is 2.47. The van der Waals surface area contributed by atoms with Gasteiger partial charge in [-0.05, 0) is 12.5 Å². The largest absolute Gasteiger partial charge is 0.297 e. The van der Waals surface area contributed by atoms with E-state index < -0.39 is 0 Å². The summed E-state index contributed by atoms with van der Waals surface area (Å²) in [7, 11) is 0. The van der Waals surface area contributed by atoms with Crippen LogP contribution in [0, 0.1) is 11.3 Å². The molecule has 3 heteroatoms. The van der Waals surface area contributed by atoms with Gasteiger partial charge in [0.1, 0.15) is 0 Å². The predicted octanol–water partition coefficient (Wildman–Crippen LogP) is 2.11. The van der Waals surface area contributed by atoms with Crippen molar-refractivity contribution in [3.8, 4) is 6.07 Å². The molecular formula is C15H21N3. The van der Waals surface area contributed by atoms with Gasteiger partial charge in [-0.1, -0.05) is 30.3 Å². The molecule has 1 unspecified atom stereocenters. The fraction of sp³-hybridized carbons (Fsp3) is 0.533. The van der Waals surface area contributed by atoms with Crippen molar-refractivity contribution in [1.82, 2.24) is 9.80 Å². The third kappa shape index (κ3) is 3.56. The average molecular weight is 243 g/mol. The van der Waals surface area contributed by atoms with Gasteiger partial charge in [0.15, 0.2) is 0 Å². The van der Waals surface area contributed by atoms with Crippen LogP contribution >= 0.6 is 0 Å². The minimum absolute atomic E-state index is 0.397. The number of hydrogen-bond donors (Lipinski definition) is 0. The first-order chi connectivity index (χ1) is 8.79. The quantitative estimate of drug-likeness (QED) is 0.811. The molecule has 18 heavy (non-hydrogen) atoms. The maximum Gasteiger partial charge on any atom is 0.0638 e. The van der Waals surface area contributed by atoms with Crippen molar-refractivity contribution in [2.24, 2.45) is 0 Å². The number of benzene rings is 1. The number of rotatable bonds is 4. The van der Waals surface area contributed by atoms with Crippen molar-refractivity contribution >= 4 is 0 Å². The summed E-state index contributed by atoms with van der Waals surface area (Å²) in [5, 5.41) is 8.73. The molecule has 1 aliphatic rings. The van der Waals surface area contributed by atoms with Crippen molar-refractivity contribution in [3.05, 3.63) is 35.9 Å². The van der Waals surface area contributed by atoms with Gasteiger partial charge in [-0.2, -0.15) is 5.26 Å². The summed E-state index contributed by atoms with van der Waals surface area (Å²) in [5.74, 6) is 0. The van der Waals surface area contributed by atoms with Crippen LogP contribution in [0.3, 0.4) is 0 Å². The lowest BCUT2D eigenvalue weighted by atomic mass is 10.1. The Morgan fingerprint density at radius 3 is 2.44 bits per heavy atom.